The number of amides is 1. The summed E-state index contributed by atoms with van der Waals surface area (Å²) < 4.78 is 19.1. The highest BCUT2D eigenvalue weighted by molar-refractivity contribution is 7.10. The molecule has 150 valence electrons. The lowest BCUT2D eigenvalue weighted by atomic mass is 10.2. The van der Waals surface area contributed by atoms with Crippen LogP contribution >= 0.6 is 11.3 Å². The first kappa shape index (κ1) is 19.3. The first-order valence-corrected chi connectivity index (χ1v) is 10.3. The SMILES string of the molecule is Cc1cc(F)ccc1Oc1cc(N2CCN(C(=O)Cc3cccs3)CC2)ncn1. The number of halogens is 1. The molecule has 3 heterocycles. The minimum absolute atomic E-state index is 0.158. The third-order valence-electron chi connectivity index (χ3n) is 4.84. The van der Waals surface area contributed by atoms with Gasteiger partial charge in [0.15, 0.2) is 0 Å². The predicted octanol–water partition coefficient (Wildman–Crippen LogP) is 3.67. The van der Waals surface area contributed by atoms with Crippen LogP contribution in [0.4, 0.5) is 10.2 Å². The molecule has 3 aromatic rings. The maximum absolute atomic E-state index is 13.3. The van der Waals surface area contributed by atoms with E-state index < -0.39 is 0 Å². The van der Waals surface area contributed by atoms with Gasteiger partial charge in [0.25, 0.3) is 0 Å². The number of thiophene rings is 1. The summed E-state index contributed by atoms with van der Waals surface area (Å²) >= 11 is 1.61. The molecule has 29 heavy (non-hydrogen) atoms. The number of carbonyl (C=O) groups excluding carboxylic acids is 1. The molecule has 0 unspecified atom stereocenters. The lowest BCUT2D eigenvalue weighted by molar-refractivity contribution is -0.130. The smallest absolute Gasteiger partial charge is 0.227 e. The fourth-order valence-corrected chi connectivity index (χ4v) is 3.95. The van der Waals surface area contributed by atoms with Gasteiger partial charge in [-0.3, -0.25) is 4.79 Å². The Bertz CT molecular complexity index is 988. The fraction of sp³-hybridized carbons (Fsp3) is 0.286. The predicted molar refractivity (Wildman–Crippen MR) is 110 cm³/mol. The normalized spacial score (nSPS) is 14.1. The lowest BCUT2D eigenvalue weighted by Gasteiger charge is -2.35. The Kier molecular flexibility index (Phi) is 5.71. The van der Waals surface area contributed by atoms with Crippen LogP contribution in [0, 0.1) is 12.7 Å². The summed E-state index contributed by atoms with van der Waals surface area (Å²) in [4.78, 5) is 26.1. The van der Waals surface area contributed by atoms with Gasteiger partial charge in [0.2, 0.25) is 11.8 Å². The van der Waals surface area contributed by atoms with Crippen LogP contribution in [0.15, 0.2) is 48.1 Å². The molecule has 4 rings (SSSR count). The van der Waals surface area contributed by atoms with E-state index in [1.54, 1.807) is 30.4 Å². The van der Waals surface area contributed by atoms with Gasteiger partial charge in [-0.1, -0.05) is 6.07 Å². The highest BCUT2D eigenvalue weighted by Gasteiger charge is 2.22. The number of hydrogen-bond acceptors (Lipinski definition) is 6. The summed E-state index contributed by atoms with van der Waals surface area (Å²) in [6.07, 6.45) is 1.91. The van der Waals surface area contributed by atoms with Gasteiger partial charge in [-0.25, -0.2) is 14.4 Å². The van der Waals surface area contributed by atoms with E-state index in [-0.39, 0.29) is 11.7 Å². The number of piperazine rings is 1. The first-order chi connectivity index (χ1) is 14.1. The number of aromatic nitrogens is 2. The Labute approximate surface area is 172 Å². The number of anilines is 1. The van der Waals surface area contributed by atoms with Crippen molar-refractivity contribution in [3.05, 3.63) is 64.4 Å². The Balaban J connectivity index is 1.37. The molecule has 0 atom stereocenters. The molecule has 0 radical (unpaired) electrons. The number of benzene rings is 1. The zero-order valence-corrected chi connectivity index (χ0v) is 16.9. The quantitative estimate of drug-likeness (QED) is 0.640. The molecule has 0 N–H and O–H groups in total. The summed E-state index contributed by atoms with van der Waals surface area (Å²) in [6.45, 7) is 4.49. The second kappa shape index (κ2) is 8.57. The van der Waals surface area contributed by atoms with Crippen LogP contribution in [-0.4, -0.2) is 47.0 Å². The van der Waals surface area contributed by atoms with Crippen molar-refractivity contribution in [2.75, 3.05) is 31.1 Å². The van der Waals surface area contributed by atoms with E-state index in [0.717, 1.165) is 10.7 Å². The molecule has 1 fully saturated rings. The largest absolute Gasteiger partial charge is 0.439 e. The Morgan fingerprint density at radius 1 is 1.17 bits per heavy atom. The molecule has 1 amide bonds. The van der Waals surface area contributed by atoms with Crippen LogP contribution in [0.3, 0.4) is 0 Å². The third kappa shape index (κ3) is 4.71. The van der Waals surface area contributed by atoms with Crippen molar-refractivity contribution in [2.24, 2.45) is 0 Å². The number of rotatable bonds is 5. The standard InChI is InChI=1S/C21H21FN4O2S/c1-15-11-16(22)4-5-18(15)28-20-13-19(23-14-24-20)25-6-8-26(9-7-25)21(27)12-17-3-2-10-29-17/h2-5,10-11,13-14H,6-9,12H2,1H3. The van der Waals surface area contributed by atoms with Crippen LogP contribution < -0.4 is 9.64 Å². The van der Waals surface area contributed by atoms with Gasteiger partial charge in [0, 0.05) is 37.1 Å². The molecule has 0 bridgehead atoms. The molecule has 8 heteroatoms. The summed E-state index contributed by atoms with van der Waals surface area (Å²) in [5.74, 6) is 1.57. The topological polar surface area (TPSA) is 58.6 Å². The second-order valence-electron chi connectivity index (χ2n) is 6.85. The maximum Gasteiger partial charge on any atom is 0.227 e. The molecular weight excluding hydrogens is 391 g/mol. The highest BCUT2D eigenvalue weighted by Crippen LogP contribution is 2.26. The molecule has 6 nitrogen and oxygen atoms in total. The number of aryl methyl sites for hydroxylation is 1. The van der Waals surface area contributed by atoms with Crippen molar-refractivity contribution >= 4 is 23.1 Å². The average Bonchev–Trinajstić information content (AvgIpc) is 3.23. The van der Waals surface area contributed by atoms with Gasteiger partial charge in [-0.05, 0) is 42.1 Å². The van der Waals surface area contributed by atoms with Crippen molar-refractivity contribution < 1.29 is 13.9 Å². The van der Waals surface area contributed by atoms with Crippen molar-refractivity contribution in [2.45, 2.75) is 13.3 Å². The third-order valence-corrected chi connectivity index (χ3v) is 5.72. The van der Waals surface area contributed by atoms with Gasteiger partial charge < -0.3 is 14.5 Å². The van der Waals surface area contributed by atoms with E-state index in [9.17, 15) is 9.18 Å². The number of hydrogen-bond donors (Lipinski definition) is 0. The van der Waals surface area contributed by atoms with Crippen LogP contribution in [0.1, 0.15) is 10.4 Å². The van der Waals surface area contributed by atoms with Crippen LogP contribution in [0.25, 0.3) is 0 Å². The van der Waals surface area contributed by atoms with Gasteiger partial charge in [-0.2, -0.15) is 0 Å². The number of ether oxygens (including phenoxy) is 1. The van der Waals surface area contributed by atoms with Crippen molar-refractivity contribution in [3.8, 4) is 11.6 Å². The average molecular weight is 412 g/mol. The second-order valence-corrected chi connectivity index (χ2v) is 7.88. The van der Waals surface area contributed by atoms with E-state index >= 15 is 0 Å². The Morgan fingerprint density at radius 2 is 2.00 bits per heavy atom. The molecule has 0 spiro atoms. The lowest BCUT2D eigenvalue weighted by Crippen LogP contribution is -2.49. The summed E-state index contributed by atoms with van der Waals surface area (Å²) in [5.41, 5.74) is 0.697. The Morgan fingerprint density at radius 3 is 2.72 bits per heavy atom. The number of carbonyl (C=O) groups is 1. The van der Waals surface area contributed by atoms with E-state index in [1.165, 1.54) is 18.5 Å². The molecule has 1 aliphatic rings. The van der Waals surface area contributed by atoms with Crippen molar-refractivity contribution in [1.29, 1.82) is 0 Å². The molecule has 1 aliphatic heterocycles. The van der Waals surface area contributed by atoms with E-state index in [4.69, 9.17) is 4.74 Å². The zero-order valence-electron chi connectivity index (χ0n) is 16.0. The van der Waals surface area contributed by atoms with Gasteiger partial charge in [-0.15, -0.1) is 11.3 Å². The summed E-state index contributed by atoms with van der Waals surface area (Å²) in [6, 6.07) is 10.1. The maximum atomic E-state index is 13.3. The zero-order chi connectivity index (χ0) is 20.2. The molecule has 1 saturated heterocycles. The summed E-state index contributed by atoms with van der Waals surface area (Å²) in [7, 11) is 0. The van der Waals surface area contributed by atoms with Gasteiger partial charge in [0.1, 0.15) is 23.7 Å². The highest BCUT2D eigenvalue weighted by atomic mass is 32.1. The van der Waals surface area contributed by atoms with Gasteiger partial charge >= 0.3 is 0 Å². The van der Waals surface area contributed by atoms with Crippen LogP contribution in [0.5, 0.6) is 11.6 Å². The van der Waals surface area contributed by atoms with E-state index in [2.05, 4.69) is 14.9 Å². The van der Waals surface area contributed by atoms with Gasteiger partial charge in [0.05, 0.1) is 6.42 Å². The molecule has 2 aromatic heterocycles. The molecular formula is C21H21FN4O2S. The fourth-order valence-electron chi connectivity index (χ4n) is 3.26. The van der Waals surface area contributed by atoms with E-state index in [1.807, 2.05) is 22.4 Å². The molecule has 1 aromatic carbocycles. The van der Waals surface area contributed by atoms with Crippen molar-refractivity contribution in [3.63, 3.8) is 0 Å². The first-order valence-electron chi connectivity index (χ1n) is 9.39. The number of nitrogens with zero attached hydrogens (tertiary/aromatic N) is 4. The van der Waals surface area contributed by atoms with Crippen LogP contribution in [-0.2, 0) is 11.2 Å². The van der Waals surface area contributed by atoms with E-state index in [0.29, 0.717) is 49.8 Å². The van der Waals surface area contributed by atoms with Crippen molar-refractivity contribution in [1.82, 2.24) is 14.9 Å². The summed E-state index contributed by atoms with van der Waals surface area (Å²) in [5, 5.41) is 1.99. The minimum Gasteiger partial charge on any atom is -0.439 e. The van der Waals surface area contributed by atoms with Crippen LogP contribution in [0.2, 0.25) is 0 Å². The molecule has 0 aliphatic carbocycles. The molecule has 0 saturated carbocycles. The Hall–Kier alpha value is -3.00. The minimum atomic E-state index is -0.301. The monoisotopic (exact) mass is 412 g/mol.